The van der Waals surface area contributed by atoms with Crippen molar-refractivity contribution in [2.24, 2.45) is 0 Å². The Bertz CT molecular complexity index is 985. The predicted molar refractivity (Wildman–Crippen MR) is 123 cm³/mol. The molecule has 0 radical (unpaired) electrons. The molecule has 0 saturated heterocycles. The molecule has 0 fully saturated rings. The van der Waals surface area contributed by atoms with Crippen LogP contribution in [-0.4, -0.2) is 23.5 Å². The summed E-state index contributed by atoms with van der Waals surface area (Å²) >= 11 is 5.10. The van der Waals surface area contributed by atoms with Crippen LogP contribution in [0.2, 0.25) is 0 Å². The van der Waals surface area contributed by atoms with Crippen LogP contribution in [0.5, 0.6) is 5.75 Å². The Morgan fingerprint density at radius 1 is 0.839 bits per heavy atom. The summed E-state index contributed by atoms with van der Waals surface area (Å²) in [4.78, 5) is 24.9. The average molecular weight is 434 g/mol. The summed E-state index contributed by atoms with van der Waals surface area (Å²) in [5.41, 5.74) is 7.95. The molecule has 158 valence electrons. The number of nitrogens with one attached hydrogen (secondary N) is 3. The third-order valence-electron chi connectivity index (χ3n) is 4.47. The topological polar surface area (TPSA) is 79.5 Å². The van der Waals surface area contributed by atoms with Gasteiger partial charge in [-0.05, 0) is 42.4 Å². The molecule has 3 aromatic carbocycles. The van der Waals surface area contributed by atoms with E-state index in [2.05, 4.69) is 16.2 Å². The number of carbonyl (C=O) groups is 2. The van der Waals surface area contributed by atoms with Gasteiger partial charge in [-0.2, -0.15) is 0 Å². The van der Waals surface area contributed by atoms with Gasteiger partial charge in [0.25, 0.3) is 5.91 Å². The third kappa shape index (κ3) is 6.65. The zero-order valence-electron chi connectivity index (χ0n) is 17.0. The number of amides is 2. The van der Waals surface area contributed by atoms with E-state index in [9.17, 15) is 9.59 Å². The second-order valence-corrected chi connectivity index (χ2v) is 7.26. The molecule has 0 aliphatic heterocycles. The van der Waals surface area contributed by atoms with Gasteiger partial charge in [-0.3, -0.25) is 25.8 Å². The minimum atomic E-state index is -0.529. The van der Waals surface area contributed by atoms with Gasteiger partial charge in [0.2, 0.25) is 5.91 Å². The highest BCUT2D eigenvalue weighted by atomic mass is 32.1. The first-order valence-corrected chi connectivity index (χ1v) is 10.1. The Morgan fingerprint density at radius 3 is 1.94 bits per heavy atom. The fraction of sp³-hybridized carbons (Fsp3) is 0.125. The van der Waals surface area contributed by atoms with Gasteiger partial charge in [0.1, 0.15) is 5.75 Å². The number of hydrogen-bond donors (Lipinski definition) is 3. The molecule has 3 N–H and O–H groups in total. The van der Waals surface area contributed by atoms with Gasteiger partial charge in [-0.25, -0.2) is 0 Å². The number of carbonyl (C=O) groups excluding carboxylic acids is 2. The second-order valence-electron chi connectivity index (χ2n) is 6.85. The molecule has 0 aliphatic carbocycles. The number of rotatable bonds is 6. The van der Waals surface area contributed by atoms with Crippen LogP contribution in [0.15, 0.2) is 84.9 Å². The summed E-state index contributed by atoms with van der Waals surface area (Å²) in [5.74, 6) is -0.681. The molecular weight excluding hydrogens is 410 g/mol. The Kier molecular flexibility index (Phi) is 7.73. The minimum Gasteiger partial charge on any atom is -0.484 e. The zero-order chi connectivity index (χ0) is 22.1. The van der Waals surface area contributed by atoms with Gasteiger partial charge < -0.3 is 4.74 Å². The van der Waals surface area contributed by atoms with Crippen molar-refractivity contribution in [1.82, 2.24) is 16.2 Å². The van der Waals surface area contributed by atoms with Crippen LogP contribution in [0.4, 0.5) is 0 Å². The monoisotopic (exact) mass is 433 g/mol. The lowest BCUT2D eigenvalue weighted by Crippen LogP contribution is -2.50. The smallest absolute Gasteiger partial charge is 0.264 e. The molecule has 7 heteroatoms. The van der Waals surface area contributed by atoms with Gasteiger partial charge in [0.15, 0.2) is 11.7 Å². The molecule has 3 aromatic rings. The van der Waals surface area contributed by atoms with Crippen molar-refractivity contribution in [3.63, 3.8) is 0 Å². The first-order chi connectivity index (χ1) is 15.0. The third-order valence-corrected chi connectivity index (χ3v) is 4.68. The summed E-state index contributed by atoms with van der Waals surface area (Å²) < 4.78 is 5.42. The molecule has 0 heterocycles. The van der Waals surface area contributed by atoms with E-state index < -0.39 is 11.8 Å². The van der Waals surface area contributed by atoms with Crippen molar-refractivity contribution in [2.45, 2.75) is 12.8 Å². The van der Waals surface area contributed by atoms with E-state index in [1.807, 2.05) is 79.7 Å². The summed E-state index contributed by atoms with van der Waals surface area (Å²) in [6.45, 7) is 1.77. The Hall–Kier alpha value is -3.71. The van der Waals surface area contributed by atoms with E-state index in [1.54, 1.807) is 12.1 Å². The zero-order valence-corrected chi connectivity index (χ0v) is 17.8. The fourth-order valence-corrected chi connectivity index (χ4v) is 3.12. The fourth-order valence-electron chi connectivity index (χ4n) is 2.95. The molecule has 0 saturated carbocycles. The molecule has 31 heavy (non-hydrogen) atoms. The van der Waals surface area contributed by atoms with Crippen molar-refractivity contribution in [3.05, 3.63) is 102 Å². The molecular formula is C24H23N3O3S. The molecule has 0 aliphatic rings. The molecule has 6 nitrogen and oxygen atoms in total. The van der Waals surface area contributed by atoms with Crippen LogP contribution >= 0.6 is 12.2 Å². The lowest BCUT2D eigenvalue weighted by molar-refractivity contribution is -0.123. The molecule has 3 rings (SSSR count). The van der Waals surface area contributed by atoms with Crippen LogP contribution in [0, 0.1) is 6.92 Å². The van der Waals surface area contributed by atoms with E-state index in [1.165, 1.54) is 0 Å². The molecule has 2 amide bonds. The van der Waals surface area contributed by atoms with E-state index >= 15 is 0 Å². The van der Waals surface area contributed by atoms with Crippen molar-refractivity contribution < 1.29 is 14.3 Å². The highest BCUT2D eigenvalue weighted by molar-refractivity contribution is 7.80. The highest BCUT2D eigenvalue weighted by Crippen LogP contribution is 2.24. The molecule has 0 atom stereocenters. The van der Waals surface area contributed by atoms with Crippen LogP contribution in [0.25, 0.3) is 0 Å². The number of hydrazine groups is 1. The van der Waals surface area contributed by atoms with Gasteiger partial charge in [-0.15, -0.1) is 0 Å². The maximum atomic E-state index is 12.9. The Labute approximate surface area is 186 Å². The van der Waals surface area contributed by atoms with Gasteiger partial charge >= 0.3 is 0 Å². The molecule has 0 unspecified atom stereocenters. The first kappa shape index (κ1) is 22.0. The minimum absolute atomic E-state index is 0.0225. The van der Waals surface area contributed by atoms with E-state index in [0.29, 0.717) is 5.75 Å². The SMILES string of the molecule is Cc1ccc(OCC(=O)NC(=S)NNC(=O)C(c2ccccc2)c2ccccc2)cc1. The van der Waals surface area contributed by atoms with Crippen molar-refractivity contribution in [2.75, 3.05) is 6.61 Å². The molecule has 0 bridgehead atoms. The van der Waals surface area contributed by atoms with Crippen LogP contribution in [0.1, 0.15) is 22.6 Å². The van der Waals surface area contributed by atoms with Crippen molar-refractivity contribution >= 4 is 29.1 Å². The number of hydrogen-bond acceptors (Lipinski definition) is 4. The summed E-state index contributed by atoms with van der Waals surface area (Å²) in [6.07, 6.45) is 0. The summed E-state index contributed by atoms with van der Waals surface area (Å²) in [6, 6.07) is 26.2. The van der Waals surface area contributed by atoms with Crippen LogP contribution in [0.3, 0.4) is 0 Å². The number of aryl methyl sites for hydroxylation is 1. The number of benzene rings is 3. The lowest BCUT2D eigenvalue weighted by atomic mass is 9.91. The number of ether oxygens (including phenoxy) is 1. The maximum Gasteiger partial charge on any atom is 0.264 e. The van der Waals surface area contributed by atoms with E-state index in [-0.39, 0.29) is 17.6 Å². The summed E-state index contributed by atoms with van der Waals surface area (Å²) in [7, 11) is 0. The Morgan fingerprint density at radius 2 is 1.39 bits per heavy atom. The summed E-state index contributed by atoms with van der Waals surface area (Å²) in [5, 5.41) is 2.45. The molecule has 0 spiro atoms. The maximum absolute atomic E-state index is 12.9. The van der Waals surface area contributed by atoms with E-state index in [0.717, 1.165) is 16.7 Å². The predicted octanol–water partition coefficient (Wildman–Crippen LogP) is 3.23. The van der Waals surface area contributed by atoms with Gasteiger partial charge in [-0.1, -0.05) is 78.4 Å². The average Bonchev–Trinajstić information content (AvgIpc) is 2.79. The van der Waals surface area contributed by atoms with Crippen molar-refractivity contribution in [3.8, 4) is 5.75 Å². The molecule has 0 aromatic heterocycles. The highest BCUT2D eigenvalue weighted by Gasteiger charge is 2.22. The number of thiocarbonyl (C=S) groups is 1. The quantitative estimate of drug-likeness (QED) is 0.411. The standard InChI is InChI=1S/C24H23N3O3S/c1-17-12-14-20(15-13-17)30-16-21(28)25-24(31)27-26-23(29)22(18-8-4-2-5-9-18)19-10-6-3-7-11-19/h2-15,22H,16H2,1H3,(H,26,29)(H2,25,27,28,31). The van der Waals surface area contributed by atoms with E-state index in [4.69, 9.17) is 17.0 Å². The van der Waals surface area contributed by atoms with Crippen molar-refractivity contribution in [1.29, 1.82) is 0 Å². The second kappa shape index (κ2) is 10.9. The van der Waals surface area contributed by atoms with Crippen LogP contribution in [-0.2, 0) is 9.59 Å². The normalized spacial score (nSPS) is 10.3. The van der Waals surface area contributed by atoms with Gasteiger partial charge in [0.05, 0.1) is 5.92 Å². The van der Waals surface area contributed by atoms with Gasteiger partial charge in [0, 0.05) is 0 Å². The first-order valence-electron chi connectivity index (χ1n) is 9.72. The van der Waals surface area contributed by atoms with Crippen LogP contribution < -0.4 is 20.9 Å². The largest absolute Gasteiger partial charge is 0.484 e. The lowest BCUT2D eigenvalue weighted by Gasteiger charge is -2.19. The Balaban J connectivity index is 1.53.